The molecule has 0 spiro atoms. The van der Waals surface area contributed by atoms with Crippen LogP contribution in [0.4, 0.5) is 4.39 Å². The first kappa shape index (κ1) is 24.2. The number of benzene rings is 1. The van der Waals surface area contributed by atoms with Gasteiger partial charge < -0.3 is 25.0 Å². The molecule has 1 aromatic carbocycles. The molecule has 0 radical (unpaired) electrons. The molecule has 2 aromatic heterocycles. The van der Waals surface area contributed by atoms with Gasteiger partial charge in [-0.15, -0.1) is 0 Å². The Balaban J connectivity index is 1.44. The van der Waals surface area contributed by atoms with Crippen molar-refractivity contribution in [2.75, 3.05) is 19.7 Å². The smallest absolute Gasteiger partial charge is 0.255 e. The summed E-state index contributed by atoms with van der Waals surface area (Å²) in [5, 5.41) is 12.2. The van der Waals surface area contributed by atoms with Crippen molar-refractivity contribution in [2.45, 2.75) is 51.9 Å². The Morgan fingerprint density at radius 1 is 1.28 bits per heavy atom. The SMILES string of the molecule is Cc1ccc(OCC2CC2)c(-c2ncnc3c(C(=O)N[C@H]4CN(C(=O)[C@H](C)O)C[C@@H]4F)c(C)[nH]c23)c1. The quantitative estimate of drug-likeness (QED) is 0.464. The van der Waals surface area contributed by atoms with Crippen molar-refractivity contribution in [3.05, 3.63) is 41.3 Å². The lowest BCUT2D eigenvalue weighted by molar-refractivity contribution is -0.138. The number of aliphatic hydroxyl groups excluding tert-OH is 1. The maximum atomic E-state index is 14.6. The van der Waals surface area contributed by atoms with Crippen LogP contribution in [0.3, 0.4) is 0 Å². The van der Waals surface area contributed by atoms with E-state index in [4.69, 9.17) is 4.74 Å². The first-order valence-corrected chi connectivity index (χ1v) is 12.2. The topological polar surface area (TPSA) is 120 Å². The number of ether oxygens (including phenoxy) is 1. The van der Waals surface area contributed by atoms with Crippen LogP contribution in [0.15, 0.2) is 24.5 Å². The van der Waals surface area contributed by atoms with E-state index in [1.54, 1.807) is 6.92 Å². The molecule has 190 valence electrons. The van der Waals surface area contributed by atoms with E-state index in [1.807, 2.05) is 25.1 Å². The highest BCUT2D eigenvalue weighted by molar-refractivity contribution is 6.09. The molecular formula is C26H30FN5O4. The van der Waals surface area contributed by atoms with Crippen LogP contribution >= 0.6 is 0 Å². The van der Waals surface area contributed by atoms with Gasteiger partial charge >= 0.3 is 0 Å². The van der Waals surface area contributed by atoms with Gasteiger partial charge in [0.25, 0.3) is 11.8 Å². The standard InChI is InChI=1S/C26H30FN5O4/c1-13-4-7-20(36-11-16-5-6-16)17(8-13)22-24-23(29-12-28-22)21(14(2)30-24)25(34)31-19-10-32(9-18(19)27)26(35)15(3)33/h4,7-8,12,15-16,18-19,30,33H,5-6,9-11H2,1-3H3,(H,31,34)/t15-,18-,19-/m0/s1. The number of nitrogens with one attached hydrogen (secondary N) is 2. The monoisotopic (exact) mass is 495 g/mol. The lowest BCUT2D eigenvalue weighted by atomic mass is 10.1. The first-order valence-electron chi connectivity index (χ1n) is 12.2. The lowest BCUT2D eigenvalue weighted by Crippen LogP contribution is -2.42. The third-order valence-electron chi connectivity index (χ3n) is 6.79. The van der Waals surface area contributed by atoms with Crippen LogP contribution in [0.5, 0.6) is 5.75 Å². The van der Waals surface area contributed by atoms with E-state index in [-0.39, 0.29) is 13.1 Å². The van der Waals surface area contributed by atoms with Crippen molar-refractivity contribution >= 4 is 22.8 Å². The zero-order valence-corrected chi connectivity index (χ0v) is 20.5. The van der Waals surface area contributed by atoms with E-state index in [1.165, 1.54) is 31.0 Å². The third-order valence-corrected chi connectivity index (χ3v) is 6.79. The van der Waals surface area contributed by atoms with Gasteiger partial charge in [-0.05, 0) is 51.7 Å². The number of hydrogen-bond acceptors (Lipinski definition) is 6. The number of fused-ring (bicyclic) bond motifs is 1. The summed E-state index contributed by atoms with van der Waals surface area (Å²) >= 11 is 0. The van der Waals surface area contributed by atoms with Gasteiger partial charge in [-0.1, -0.05) is 11.6 Å². The van der Waals surface area contributed by atoms with Gasteiger partial charge in [-0.2, -0.15) is 0 Å². The fourth-order valence-electron chi connectivity index (χ4n) is 4.63. The third kappa shape index (κ3) is 4.65. The number of carbonyl (C=O) groups is 2. The van der Waals surface area contributed by atoms with E-state index >= 15 is 0 Å². The Hall–Kier alpha value is -3.53. The minimum Gasteiger partial charge on any atom is -0.493 e. The van der Waals surface area contributed by atoms with E-state index in [0.717, 1.165) is 16.9 Å². The summed E-state index contributed by atoms with van der Waals surface area (Å²) in [6, 6.07) is 5.04. The van der Waals surface area contributed by atoms with Gasteiger partial charge in [0.2, 0.25) is 0 Å². The fourth-order valence-corrected chi connectivity index (χ4v) is 4.63. The molecule has 0 unspecified atom stereocenters. The number of aromatic amines is 1. The number of aromatic nitrogens is 3. The van der Waals surface area contributed by atoms with Gasteiger partial charge in [-0.3, -0.25) is 9.59 Å². The Labute approximate surface area is 208 Å². The molecule has 1 aliphatic carbocycles. The molecule has 1 saturated carbocycles. The first-order chi connectivity index (χ1) is 17.2. The molecule has 5 rings (SSSR count). The van der Waals surface area contributed by atoms with Crippen LogP contribution < -0.4 is 10.1 Å². The average molecular weight is 496 g/mol. The molecule has 36 heavy (non-hydrogen) atoms. The summed E-state index contributed by atoms with van der Waals surface area (Å²) < 4.78 is 20.7. The zero-order valence-electron chi connectivity index (χ0n) is 20.5. The normalized spacial score (nSPS) is 20.5. The number of aliphatic hydroxyl groups is 1. The summed E-state index contributed by atoms with van der Waals surface area (Å²) in [6.07, 6.45) is 1.10. The van der Waals surface area contributed by atoms with Gasteiger partial charge in [0.05, 0.1) is 30.3 Å². The number of nitrogens with zero attached hydrogens (tertiary/aromatic N) is 3. The molecule has 3 heterocycles. The van der Waals surface area contributed by atoms with Crippen LogP contribution in [0, 0.1) is 19.8 Å². The van der Waals surface area contributed by atoms with Crippen LogP contribution in [0.1, 0.15) is 41.4 Å². The van der Waals surface area contributed by atoms with Gasteiger partial charge in [0.1, 0.15) is 35.6 Å². The van der Waals surface area contributed by atoms with Crippen LogP contribution in [-0.4, -0.2) is 74.8 Å². The second kappa shape index (κ2) is 9.50. The number of rotatable bonds is 7. The van der Waals surface area contributed by atoms with Gasteiger partial charge in [0, 0.05) is 17.8 Å². The number of H-pyrrole nitrogens is 1. The largest absolute Gasteiger partial charge is 0.493 e. The summed E-state index contributed by atoms with van der Waals surface area (Å²) in [7, 11) is 0. The molecule has 3 atom stereocenters. The minimum absolute atomic E-state index is 0.0107. The molecule has 1 aliphatic heterocycles. The highest BCUT2D eigenvalue weighted by Gasteiger charge is 2.38. The Kier molecular flexibility index (Phi) is 6.38. The summed E-state index contributed by atoms with van der Waals surface area (Å²) in [5.41, 5.74) is 4.36. The molecule has 10 heteroatoms. The van der Waals surface area contributed by atoms with Crippen molar-refractivity contribution in [2.24, 2.45) is 5.92 Å². The Morgan fingerprint density at radius 2 is 2.06 bits per heavy atom. The van der Waals surface area contributed by atoms with Crippen LogP contribution in [-0.2, 0) is 4.79 Å². The van der Waals surface area contributed by atoms with Gasteiger partial charge in [0.15, 0.2) is 0 Å². The van der Waals surface area contributed by atoms with Crippen molar-refractivity contribution < 1.29 is 23.8 Å². The van der Waals surface area contributed by atoms with E-state index in [2.05, 4.69) is 20.3 Å². The zero-order chi connectivity index (χ0) is 25.6. The fraction of sp³-hybridized carbons (Fsp3) is 0.462. The Morgan fingerprint density at radius 3 is 2.78 bits per heavy atom. The summed E-state index contributed by atoms with van der Waals surface area (Å²) in [4.78, 5) is 38.7. The minimum atomic E-state index is -1.44. The molecule has 9 nitrogen and oxygen atoms in total. The maximum Gasteiger partial charge on any atom is 0.255 e. The lowest BCUT2D eigenvalue weighted by Gasteiger charge is -2.18. The predicted molar refractivity (Wildman–Crippen MR) is 131 cm³/mol. The predicted octanol–water partition coefficient (Wildman–Crippen LogP) is 2.69. The highest BCUT2D eigenvalue weighted by atomic mass is 19.1. The number of halogens is 1. The second-order valence-corrected chi connectivity index (χ2v) is 9.84. The molecular weight excluding hydrogens is 465 g/mol. The number of amides is 2. The average Bonchev–Trinajstić information content (AvgIpc) is 3.51. The van der Waals surface area contributed by atoms with E-state index in [9.17, 15) is 19.1 Å². The number of likely N-dealkylation sites (tertiary alicyclic amines) is 1. The number of carbonyl (C=O) groups excluding carboxylic acids is 2. The molecule has 1 saturated heterocycles. The van der Waals surface area contributed by atoms with Crippen molar-refractivity contribution in [3.63, 3.8) is 0 Å². The number of aryl methyl sites for hydroxylation is 2. The van der Waals surface area contributed by atoms with Crippen LogP contribution in [0.2, 0.25) is 0 Å². The van der Waals surface area contributed by atoms with Crippen molar-refractivity contribution in [1.82, 2.24) is 25.2 Å². The van der Waals surface area contributed by atoms with Crippen molar-refractivity contribution in [1.29, 1.82) is 0 Å². The van der Waals surface area contributed by atoms with E-state index < -0.39 is 30.1 Å². The Bertz CT molecular complexity index is 1320. The number of hydrogen-bond donors (Lipinski definition) is 3. The molecule has 2 amide bonds. The van der Waals surface area contributed by atoms with Crippen molar-refractivity contribution in [3.8, 4) is 17.0 Å². The molecule has 2 fully saturated rings. The van der Waals surface area contributed by atoms with Gasteiger partial charge in [-0.25, -0.2) is 14.4 Å². The molecule has 0 bridgehead atoms. The molecule has 3 aromatic rings. The number of alkyl halides is 1. The molecule has 2 aliphatic rings. The second-order valence-electron chi connectivity index (χ2n) is 9.84. The van der Waals surface area contributed by atoms with Crippen LogP contribution in [0.25, 0.3) is 22.3 Å². The summed E-state index contributed by atoms with van der Waals surface area (Å²) in [5.74, 6) is 0.263. The molecule has 3 N–H and O–H groups in total. The maximum absolute atomic E-state index is 14.6. The highest BCUT2D eigenvalue weighted by Crippen LogP contribution is 2.37. The van der Waals surface area contributed by atoms with E-state index in [0.29, 0.717) is 40.5 Å². The summed E-state index contributed by atoms with van der Waals surface area (Å²) in [6.45, 7) is 5.55.